The van der Waals surface area contributed by atoms with Gasteiger partial charge in [0.25, 0.3) is 5.91 Å². The summed E-state index contributed by atoms with van der Waals surface area (Å²) in [6.45, 7) is 0.413. The number of alkyl halides is 2. The van der Waals surface area contributed by atoms with Crippen molar-refractivity contribution in [3.8, 4) is 5.88 Å². The number of nitrogens with one attached hydrogen (secondary N) is 3. The minimum atomic E-state index is -2.60. The Hall–Kier alpha value is -3.22. The topological polar surface area (TPSA) is 132 Å². The number of ether oxygens (including phenoxy) is 3. The molecule has 36 heavy (non-hydrogen) atoms. The van der Waals surface area contributed by atoms with Gasteiger partial charge in [-0.2, -0.15) is 5.10 Å². The fraction of sp³-hybridized carbons (Fsp3) is 0.652. The van der Waals surface area contributed by atoms with Crippen LogP contribution in [0.2, 0.25) is 0 Å². The molecule has 5 fully saturated rings. The molecule has 2 aromatic rings. The molecule has 1 saturated heterocycles. The summed E-state index contributed by atoms with van der Waals surface area (Å²) in [7, 11) is 1.59. The summed E-state index contributed by atoms with van der Waals surface area (Å²) in [5, 5.41) is 16.8. The van der Waals surface area contributed by atoms with E-state index in [4.69, 9.17) is 14.2 Å². The van der Waals surface area contributed by atoms with Gasteiger partial charge in [0.15, 0.2) is 5.82 Å². The Morgan fingerprint density at radius 3 is 2.72 bits per heavy atom. The van der Waals surface area contributed by atoms with Gasteiger partial charge in [0.1, 0.15) is 17.9 Å². The third kappa shape index (κ3) is 4.51. The van der Waals surface area contributed by atoms with E-state index in [1.165, 1.54) is 10.7 Å². The number of rotatable bonds is 8. The van der Waals surface area contributed by atoms with E-state index in [0.29, 0.717) is 17.9 Å². The molecule has 0 spiro atoms. The number of hydrogen-bond acceptors (Lipinski definition) is 7. The number of aromatic nitrogens is 4. The van der Waals surface area contributed by atoms with Crippen molar-refractivity contribution in [2.75, 3.05) is 18.5 Å². The van der Waals surface area contributed by atoms with Crippen molar-refractivity contribution in [3.63, 3.8) is 0 Å². The average molecular weight is 507 g/mol. The molecule has 4 aliphatic carbocycles. The Bertz CT molecular complexity index is 1160. The lowest BCUT2D eigenvalue weighted by atomic mass is 9.50. The second-order valence-electron chi connectivity index (χ2n) is 10.6. The number of halogens is 2. The Labute approximate surface area is 205 Å². The summed E-state index contributed by atoms with van der Waals surface area (Å²) in [4.78, 5) is 24.9. The van der Waals surface area contributed by atoms with Crippen LogP contribution in [0.15, 0.2) is 12.1 Å². The fourth-order valence-electron chi connectivity index (χ4n) is 5.50. The van der Waals surface area contributed by atoms with Crippen molar-refractivity contribution in [2.24, 2.45) is 18.9 Å². The third-order valence-electron chi connectivity index (χ3n) is 7.56. The molecule has 1 aliphatic heterocycles. The molecular weight excluding hydrogens is 478 g/mol. The highest BCUT2D eigenvalue weighted by molar-refractivity contribution is 6.02. The van der Waals surface area contributed by atoms with Gasteiger partial charge in [0.05, 0.1) is 18.9 Å². The molecule has 3 N–H and O–H groups in total. The lowest BCUT2D eigenvalue weighted by Crippen LogP contribution is -2.68. The summed E-state index contributed by atoms with van der Waals surface area (Å²) in [5.74, 6) is -2.01. The molecule has 4 saturated carbocycles. The van der Waals surface area contributed by atoms with E-state index < -0.39 is 17.9 Å². The number of anilines is 1. The zero-order valence-electron chi connectivity index (χ0n) is 19.8. The lowest BCUT2D eigenvalue weighted by Gasteiger charge is -2.61. The first-order chi connectivity index (χ1) is 17.2. The minimum Gasteiger partial charge on any atom is -0.476 e. The molecular formula is C23H28F2N6O5. The standard InChI is InChI=1S/C23H28F2N6O5/c1-31-16(4-19(30-31)35-10-13-8-23(24,25)9-13)20(32)26-18-3-15(28-29-18)17-2-14(11-34-17)36-21(33)27-22-5-12(6-22)7-22/h3-4,12-14,17H,2,5-11H2,1H3,(H,27,33)(H2,26,28,29,32)/t12?,14-,17-,22?/m0/s1. The number of aryl methyl sites for hydroxylation is 1. The van der Waals surface area contributed by atoms with Crippen LogP contribution < -0.4 is 15.4 Å². The van der Waals surface area contributed by atoms with Crippen molar-refractivity contribution < 1.29 is 32.6 Å². The molecule has 13 heteroatoms. The molecule has 2 bridgehead atoms. The zero-order chi connectivity index (χ0) is 25.1. The van der Waals surface area contributed by atoms with E-state index in [2.05, 4.69) is 25.9 Å². The molecule has 0 radical (unpaired) electrons. The second kappa shape index (κ2) is 8.43. The molecule has 2 amide bonds. The molecule has 11 nitrogen and oxygen atoms in total. The molecule has 7 rings (SSSR count). The van der Waals surface area contributed by atoms with Gasteiger partial charge in [0.2, 0.25) is 11.8 Å². The summed E-state index contributed by atoms with van der Waals surface area (Å²) < 4.78 is 44.1. The van der Waals surface area contributed by atoms with Crippen molar-refractivity contribution in [3.05, 3.63) is 23.5 Å². The molecule has 2 atom stereocenters. The first kappa shape index (κ1) is 23.2. The average Bonchev–Trinajstić information content (AvgIpc) is 3.47. The van der Waals surface area contributed by atoms with Crippen LogP contribution in [-0.4, -0.2) is 62.8 Å². The van der Waals surface area contributed by atoms with Crippen LogP contribution in [0.25, 0.3) is 0 Å². The maximum absolute atomic E-state index is 13.0. The number of nitrogens with zero attached hydrogens (tertiary/aromatic N) is 3. The van der Waals surface area contributed by atoms with E-state index in [1.807, 2.05) is 0 Å². The van der Waals surface area contributed by atoms with Crippen LogP contribution in [0, 0.1) is 11.8 Å². The van der Waals surface area contributed by atoms with Gasteiger partial charge in [-0.1, -0.05) is 0 Å². The van der Waals surface area contributed by atoms with Gasteiger partial charge in [-0.3, -0.25) is 14.6 Å². The highest BCUT2D eigenvalue weighted by Crippen LogP contribution is 2.57. The Morgan fingerprint density at radius 1 is 1.25 bits per heavy atom. The van der Waals surface area contributed by atoms with Crippen molar-refractivity contribution in [2.45, 2.75) is 62.2 Å². The highest BCUT2D eigenvalue weighted by atomic mass is 19.3. The fourth-order valence-corrected chi connectivity index (χ4v) is 5.50. The number of carbonyl (C=O) groups excluding carboxylic acids is 2. The van der Waals surface area contributed by atoms with Crippen molar-refractivity contribution >= 4 is 17.8 Å². The van der Waals surface area contributed by atoms with Crippen LogP contribution in [0.1, 0.15) is 60.8 Å². The van der Waals surface area contributed by atoms with Gasteiger partial charge < -0.3 is 24.8 Å². The Balaban J connectivity index is 0.981. The SMILES string of the molecule is Cn1nc(OCC2CC(F)(F)C2)cc1C(=O)Nc1cc([C@@H]2C[C@H](OC(=O)NC34CC(C3)C4)CO2)[nH]n1. The monoisotopic (exact) mass is 506 g/mol. The molecule has 0 aromatic carbocycles. The van der Waals surface area contributed by atoms with E-state index in [-0.39, 0.29) is 61.3 Å². The van der Waals surface area contributed by atoms with E-state index >= 15 is 0 Å². The number of carbonyl (C=O) groups is 2. The van der Waals surface area contributed by atoms with Gasteiger partial charge in [-0.25, -0.2) is 13.6 Å². The minimum absolute atomic E-state index is 0.0355. The molecule has 5 aliphatic rings. The molecule has 3 heterocycles. The largest absolute Gasteiger partial charge is 0.476 e. The summed E-state index contributed by atoms with van der Waals surface area (Å²) in [5.41, 5.74) is 0.850. The van der Waals surface area contributed by atoms with Crippen LogP contribution in [0.3, 0.4) is 0 Å². The Kier molecular flexibility index (Phi) is 5.43. The van der Waals surface area contributed by atoms with Crippen molar-refractivity contribution in [1.29, 1.82) is 0 Å². The number of alkyl carbamates (subject to hydrolysis) is 1. The first-order valence-electron chi connectivity index (χ1n) is 12.2. The Morgan fingerprint density at radius 2 is 2.03 bits per heavy atom. The number of aromatic amines is 1. The first-order valence-corrected chi connectivity index (χ1v) is 12.2. The maximum atomic E-state index is 13.0. The lowest BCUT2D eigenvalue weighted by molar-refractivity contribution is -0.119. The summed E-state index contributed by atoms with van der Waals surface area (Å²) in [6.07, 6.45) is 2.13. The summed E-state index contributed by atoms with van der Waals surface area (Å²) in [6, 6.07) is 3.12. The van der Waals surface area contributed by atoms with Crippen LogP contribution in [0.5, 0.6) is 5.88 Å². The highest BCUT2D eigenvalue weighted by Gasteiger charge is 2.57. The van der Waals surface area contributed by atoms with E-state index in [9.17, 15) is 18.4 Å². The van der Waals surface area contributed by atoms with Crippen LogP contribution >= 0.6 is 0 Å². The molecule has 2 aromatic heterocycles. The third-order valence-corrected chi connectivity index (χ3v) is 7.56. The normalized spacial score (nSPS) is 30.0. The van der Waals surface area contributed by atoms with Gasteiger partial charge >= 0.3 is 6.09 Å². The zero-order valence-corrected chi connectivity index (χ0v) is 19.8. The van der Waals surface area contributed by atoms with E-state index in [0.717, 1.165) is 25.2 Å². The molecule has 0 unspecified atom stereocenters. The van der Waals surface area contributed by atoms with E-state index in [1.54, 1.807) is 13.1 Å². The predicted molar refractivity (Wildman–Crippen MR) is 120 cm³/mol. The van der Waals surface area contributed by atoms with Gasteiger partial charge in [0, 0.05) is 49.9 Å². The number of amides is 2. The number of H-pyrrole nitrogens is 1. The van der Waals surface area contributed by atoms with Gasteiger partial charge in [-0.05, 0) is 25.2 Å². The summed E-state index contributed by atoms with van der Waals surface area (Å²) >= 11 is 0. The quantitative estimate of drug-likeness (QED) is 0.502. The second-order valence-corrected chi connectivity index (χ2v) is 10.6. The van der Waals surface area contributed by atoms with Gasteiger partial charge in [-0.15, -0.1) is 5.10 Å². The van der Waals surface area contributed by atoms with Crippen molar-refractivity contribution in [1.82, 2.24) is 25.3 Å². The van der Waals surface area contributed by atoms with Crippen LogP contribution in [-0.2, 0) is 16.5 Å². The predicted octanol–water partition coefficient (Wildman–Crippen LogP) is 2.93. The smallest absolute Gasteiger partial charge is 0.407 e. The number of hydrogen-bond donors (Lipinski definition) is 3. The molecule has 194 valence electrons. The maximum Gasteiger partial charge on any atom is 0.407 e. The van der Waals surface area contributed by atoms with Crippen LogP contribution in [0.4, 0.5) is 19.4 Å².